The topological polar surface area (TPSA) is 75.5 Å². The van der Waals surface area contributed by atoms with E-state index in [9.17, 15) is 9.59 Å². The van der Waals surface area contributed by atoms with E-state index in [4.69, 9.17) is 9.15 Å². The third kappa shape index (κ3) is 3.41. The third-order valence-corrected chi connectivity index (χ3v) is 4.06. The predicted octanol–water partition coefficient (Wildman–Crippen LogP) is 3.24. The number of likely N-dealkylation sites (tertiary alicyclic amines) is 1. The quantitative estimate of drug-likeness (QED) is 0.876. The van der Waals surface area contributed by atoms with Gasteiger partial charge in [0.05, 0.1) is 5.52 Å². The molecule has 0 atom stereocenters. The van der Waals surface area contributed by atoms with Crippen molar-refractivity contribution >= 4 is 17.2 Å². The van der Waals surface area contributed by atoms with Crippen LogP contribution in [-0.4, -0.2) is 34.7 Å². The number of oxazole rings is 1. The van der Waals surface area contributed by atoms with Crippen LogP contribution in [-0.2, 0) is 4.74 Å². The van der Waals surface area contributed by atoms with Gasteiger partial charge in [-0.05, 0) is 45.6 Å². The first-order chi connectivity index (χ1) is 10.8. The molecule has 23 heavy (non-hydrogen) atoms. The van der Waals surface area contributed by atoms with Gasteiger partial charge in [-0.2, -0.15) is 0 Å². The van der Waals surface area contributed by atoms with E-state index < -0.39 is 11.4 Å². The molecule has 0 radical (unpaired) electrons. The van der Waals surface area contributed by atoms with E-state index >= 15 is 0 Å². The fourth-order valence-electron chi connectivity index (χ4n) is 3.02. The minimum absolute atomic E-state index is 0.262. The first-order valence-corrected chi connectivity index (χ1v) is 7.93. The zero-order chi connectivity index (χ0) is 16.6. The average Bonchev–Trinajstić information content (AvgIpc) is 2.85. The molecule has 1 aromatic carbocycles. The number of aromatic nitrogens is 1. The maximum atomic E-state index is 12.1. The Kier molecular flexibility index (Phi) is 3.92. The third-order valence-electron chi connectivity index (χ3n) is 4.06. The Bertz CT molecular complexity index is 761. The number of benzene rings is 1. The Morgan fingerprint density at radius 3 is 2.65 bits per heavy atom. The Labute approximate surface area is 134 Å². The lowest BCUT2D eigenvalue weighted by Crippen LogP contribution is -2.41. The number of aromatic amines is 1. The van der Waals surface area contributed by atoms with Crippen molar-refractivity contribution in [3.8, 4) is 0 Å². The molecule has 0 bridgehead atoms. The van der Waals surface area contributed by atoms with Crippen molar-refractivity contribution < 1.29 is 13.9 Å². The number of H-pyrrole nitrogens is 1. The summed E-state index contributed by atoms with van der Waals surface area (Å²) in [7, 11) is 0. The van der Waals surface area contributed by atoms with Crippen molar-refractivity contribution in [3.05, 3.63) is 34.3 Å². The molecule has 6 heteroatoms. The van der Waals surface area contributed by atoms with Gasteiger partial charge in [0, 0.05) is 18.7 Å². The van der Waals surface area contributed by atoms with Crippen LogP contribution in [0.5, 0.6) is 0 Å². The summed E-state index contributed by atoms with van der Waals surface area (Å²) in [5.74, 6) is -0.157. The lowest BCUT2D eigenvalue weighted by Gasteiger charge is -2.33. The van der Waals surface area contributed by atoms with Gasteiger partial charge in [0.1, 0.15) is 5.60 Å². The van der Waals surface area contributed by atoms with Gasteiger partial charge in [0.2, 0.25) is 0 Å². The summed E-state index contributed by atoms with van der Waals surface area (Å²) < 4.78 is 10.7. The molecule has 0 aliphatic carbocycles. The predicted molar refractivity (Wildman–Crippen MR) is 86.6 cm³/mol. The zero-order valence-electron chi connectivity index (χ0n) is 13.7. The first kappa shape index (κ1) is 15.6. The van der Waals surface area contributed by atoms with Crippen LogP contribution in [0, 0.1) is 0 Å². The minimum Gasteiger partial charge on any atom is -0.444 e. The van der Waals surface area contributed by atoms with Gasteiger partial charge in [0.15, 0.2) is 5.58 Å². The van der Waals surface area contributed by atoms with Gasteiger partial charge in [0.25, 0.3) is 0 Å². The Morgan fingerprint density at radius 2 is 2.00 bits per heavy atom. The molecule has 124 valence electrons. The van der Waals surface area contributed by atoms with Gasteiger partial charge in [-0.3, -0.25) is 4.98 Å². The largest absolute Gasteiger partial charge is 0.444 e. The van der Waals surface area contributed by atoms with E-state index in [1.54, 1.807) is 4.90 Å². The number of carbonyl (C=O) groups excluding carboxylic acids is 1. The Morgan fingerprint density at radius 1 is 1.30 bits per heavy atom. The SMILES string of the molecule is CC(C)(C)OC(=O)N1CCC(c2cccc3[nH]c(=O)oc23)CC1. The van der Waals surface area contributed by atoms with E-state index in [0.717, 1.165) is 23.9 Å². The Balaban J connectivity index is 1.71. The maximum Gasteiger partial charge on any atom is 0.417 e. The molecule has 0 saturated carbocycles. The first-order valence-electron chi connectivity index (χ1n) is 7.93. The van der Waals surface area contributed by atoms with E-state index in [-0.39, 0.29) is 12.0 Å². The molecule has 1 aliphatic rings. The number of hydrogen-bond acceptors (Lipinski definition) is 4. The average molecular weight is 318 g/mol. The summed E-state index contributed by atoms with van der Waals surface area (Å²) >= 11 is 0. The standard InChI is InChI=1S/C17H22N2O4/c1-17(2,3)23-16(21)19-9-7-11(8-10-19)12-5-4-6-13-14(12)22-15(20)18-13/h4-6,11H,7-10H2,1-3H3,(H,18,20). The molecule has 1 saturated heterocycles. The van der Waals surface area contributed by atoms with Crippen molar-refractivity contribution in [2.45, 2.75) is 45.1 Å². The van der Waals surface area contributed by atoms with E-state index in [1.165, 1.54) is 0 Å². The molecule has 0 unspecified atom stereocenters. The van der Waals surface area contributed by atoms with Crippen LogP contribution >= 0.6 is 0 Å². The molecule has 2 aromatic rings. The number of rotatable bonds is 1. The molecular formula is C17H22N2O4. The molecule has 3 rings (SSSR count). The number of carbonyl (C=O) groups is 1. The van der Waals surface area contributed by atoms with E-state index in [1.807, 2.05) is 39.0 Å². The van der Waals surface area contributed by atoms with E-state index in [0.29, 0.717) is 18.7 Å². The summed E-state index contributed by atoms with van der Waals surface area (Å²) in [6.07, 6.45) is 1.39. The van der Waals surface area contributed by atoms with E-state index in [2.05, 4.69) is 4.98 Å². The second kappa shape index (κ2) is 5.76. The normalized spacial score (nSPS) is 16.7. The number of nitrogens with zero attached hydrogens (tertiary/aromatic N) is 1. The molecule has 1 aliphatic heterocycles. The highest BCUT2D eigenvalue weighted by molar-refractivity contribution is 5.76. The zero-order valence-corrected chi connectivity index (χ0v) is 13.7. The van der Waals surface area contributed by atoms with Crippen molar-refractivity contribution in [2.24, 2.45) is 0 Å². The lowest BCUT2D eigenvalue weighted by molar-refractivity contribution is 0.0205. The van der Waals surface area contributed by atoms with Crippen molar-refractivity contribution in [2.75, 3.05) is 13.1 Å². The van der Waals surface area contributed by atoms with Crippen molar-refractivity contribution in [3.63, 3.8) is 0 Å². The molecule has 1 amide bonds. The summed E-state index contributed by atoms with van der Waals surface area (Å²) in [6.45, 7) is 6.89. The number of nitrogens with one attached hydrogen (secondary N) is 1. The molecule has 1 N–H and O–H groups in total. The van der Waals surface area contributed by atoms with Crippen LogP contribution in [0.3, 0.4) is 0 Å². The Hall–Kier alpha value is -2.24. The monoisotopic (exact) mass is 318 g/mol. The van der Waals surface area contributed by atoms with Gasteiger partial charge in [-0.25, -0.2) is 9.59 Å². The van der Waals surface area contributed by atoms with Crippen LogP contribution in [0.15, 0.2) is 27.4 Å². The van der Waals surface area contributed by atoms with Crippen LogP contribution in [0.4, 0.5) is 4.79 Å². The molecular weight excluding hydrogens is 296 g/mol. The smallest absolute Gasteiger partial charge is 0.417 e. The molecule has 1 fully saturated rings. The summed E-state index contributed by atoms with van der Waals surface area (Å²) in [6, 6.07) is 5.75. The highest BCUT2D eigenvalue weighted by Gasteiger charge is 2.28. The number of fused-ring (bicyclic) bond motifs is 1. The number of ether oxygens (including phenoxy) is 1. The fraction of sp³-hybridized carbons (Fsp3) is 0.529. The van der Waals surface area contributed by atoms with Gasteiger partial charge >= 0.3 is 11.8 Å². The van der Waals surface area contributed by atoms with Crippen LogP contribution in [0.25, 0.3) is 11.1 Å². The highest BCUT2D eigenvalue weighted by atomic mass is 16.6. The molecule has 0 spiro atoms. The van der Waals surface area contributed by atoms with Gasteiger partial charge in [-0.1, -0.05) is 12.1 Å². The molecule has 6 nitrogen and oxygen atoms in total. The van der Waals surface area contributed by atoms with Gasteiger partial charge < -0.3 is 14.1 Å². The van der Waals surface area contributed by atoms with Crippen molar-refractivity contribution in [1.29, 1.82) is 0 Å². The molecule has 2 heterocycles. The highest BCUT2D eigenvalue weighted by Crippen LogP contribution is 2.32. The second-order valence-corrected chi connectivity index (χ2v) is 6.98. The summed E-state index contributed by atoms with van der Waals surface area (Å²) in [5.41, 5.74) is 1.91. The number of para-hydroxylation sites is 1. The van der Waals surface area contributed by atoms with Crippen LogP contribution < -0.4 is 5.76 Å². The van der Waals surface area contributed by atoms with Gasteiger partial charge in [-0.15, -0.1) is 0 Å². The summed E-state index contributed by atoms with van der Waals surface area (Å²) in [5, 5.41) is 0. The minimum atomic E-state index is -0.478. The fourth-order valence-corrected chi connectivity index (χ4v) is 3.02. The van der Waals surface area contributed by atoms with Crippen LogP contribution in [0.1, 0.15) is 45.1 Å². The number of amides is 1. The molecule has 1 aromatic heterocycles. The number of piperidine rings is 1. The lowest BCUT2D eigenvalue weighted by atomic mass is 9.89. The van der Waals surface area contributed by atoms with Crippen LogP contribution in [0.2, 0.25) is 0 Å². The van der Waals surface area contributed by atoms with Crippen molar-refractivity contribution in [1.82, 2.24) is 9.88 Å². The number of hydrogen-bond donors (Lipinski definition) is 1. The second-order valence-electron chi connectivity index (χ2n) is 6.98. The maximum absolute atomic E-state index is 12.1. The summed E-state index contributed by atoms with van der Waals surface area (Å²) in [4.78, 5) is 27.9.